The van der Waals surface area contributed by atoms with E-state index in [0.29, 0.717) is 38.7 Å². The average Bonchev–Trinajstić information content (AvgIpc) is 2.75. The molecule has 0 saturated carbocycles. The van der Waals surface area contributed by atoms with Crippen molar-refractivity contribution in [2.24, 2.45) is 5.10 Å². The summed E-state index contributed by atoms with van der Waals surface area (Å²) in [6.07, 6.45) is 1.53. The number of halogens is 4. The van der Waals surface area contributed by atoms with Crippen LogP contribution in [0.1, 0.15) is 21.5 Å². The molecule has 0 radical (unpaired) electrons. The second-order valence-electron chi connectivity index (χ2n) is 6.28. The fourth-order valence-electron chi connectivity index (χ4n) is 2.57. The molecule has 0 atom stereocenters. The minimum absolute atomic E-state index is 0.299. The topological polar surface area (TPSA) is 59.9 Å². The van der Waals surface area contributed by atoms with Crippen LogP contribution in [0.5, 0.6) is 11.5 Å². The summed E-state index contributed by atoms with van der Waals surface area (Å²) >= 11 is 20.0. The van der Waals surface area contributed by atoms with Gasteiger partial charge in [0.1, 0.15) is 6.61 Å². The first kappa shape index (κ1) is 23.7. The molecule has 0 saturated heterocycles. The van der Waals surface area contributed by atoms with Gasteiger partial charge in [0, 0.05) is 10.6 Å². The Kier molecular flexibility index (Phi) is 8.43. The van der Waals surface area contributed by atoms with E-state index in [9.17, 15) is 4.79 Å². The van der Waals surface area contributed by atoms with Gasteiger partial charge >= 0.3 is 0 Å². The lowest BCUT2D eigenvalue weighted by atomic mass is 10.2. The van der Waals surface area contributed by atoms with Crippen LogP contribution in [0.2, 0.25) is 15.1 Å². The van der Waals surface area contributed by atoms with Crippen molar-refractivity contribution in [2.45, 2.75) is 6.61 Å². The number of hydrogen-bond donors (Lipinski definition) is 1. The molecular weight excluding hydrogens is 574 g/mol. The van der Waals surface area contributed by atoms with E-state index in [0.717, 1.165) is 14.7 Å². The molecule has 0 aromatic heterocycles. The predicted molar refractivity (Wildman–Crippen MR) is 133 cm³/mol. The predicted octanol–water partition coefficient (Wildman–Crippen LogP) is 6.60. The first-order valence-electron chi connectivity index (χ1n) is 8.90. The molecule has 0 aliphatic rings. The van der Waals surface area contributed by atoms with E-state index >= 15 is 0 Å². The number of nitrogens with zero attached hydrogens (tertiary/aromatic N) is 1. The monoisotopic (exact) mass is 588 g/mol. The highest BCUT2D eigenvalue weighted by Gasteiger charge is 2.12. The lowest BCUT2D eigenvalue weighted by molar-refractivity contribution is 0.0955. The van der Waals surface area contributed by atoms with Gasteiger partial charge in [-0.2, -0.15) is 5.10 Å². The number of amides is 1. The summed E-state index contributed by atoms with van der Waals surface area (Å²) in [5.74, 6) is 0.796. The number of rotatable bonds is 7. The van der Waals surface area contributed by atoms with Gasteiger partial charge in [-0.05, 0) is 82.2 Å². The van der Waals surface area contributed by atoms with Crippen LogP contribution >= 0.6 is 57.4 Å². The summed E-state index contributed by atoms with van der Waals surface area (Å²) < 4.78 is 12.2. The van der Waals surface area contributed by atoms with Crippen LogP contribution in [-0.4, -0.2) is 19.2 Å². The van der Waals surface area contributed by atoms with Crippen LogP contribution in [0.15, 0.2) is 59.7 Å². The zero-order valence-electron chi connectivity index (χ0n) is 16.2. The molecule has 0 aliphatic heterocycles. The smallest absolute Gasteiger partial charge is 0.271 e. The van der Waals surface area contributed by atoms with Crippen LogP contribution in [-0.2, 0) is 6.61 Å². The molecule has 0 unspecified atom stereocenters. The number of carbonyl (C=O) groups is 1. The van der Waals surface area contributed by atoms with Gasteiger partial charge < -0.3 is 9.47 Å². The molecule has 5 nitrogen and oxygen atoms in total. The highest BCUT2D eigenvalue weighted by Crippen LogP contribution is 2.34. The van der Waals surface area contributed by atoms with E-state index < -0.39 is 0 Å². The number of methoxy groups -OCH3 is 1. The first-order chi connectivity index (χ1) is 14.9. The summed E-state index contributed by atoms with van der Waals surface area (Å²) in [5, 5.41) is 5.53. The van der Waals surface area contributed by atoms with E-state index in [-0.39, 0.29) is 5.91 Å². The largest absolute Gasteiger partial charge is 0.493 e. The van der Waals surface area contributed by atoms with E-state index in [1.807, 2.05) is 12.1 Å². The molecule has 9 heteroatoms. The molecule has 3 rings (SSSR count). The van der Waals surface area contributed by atoms with Crippen LogP contribution < -0.4 is 14.9 Å². The standard InChI is InChI=1S/C22H16Cl3IN2O3/c1-30-20-10-14(11-27-28-22(29)15-3-5-16(23)6-4-15)9-19(26)21(20)31-12-13-2-7-17(24)18(25)8-13/h2-11H,12H2,1H3,(H,28,29)/b27-11-. The van der Waals surface area contributed by atoms with Crippen molar-refractivity contribution in [2.75, 3.05) is 7.11 Å². The van der Waals surface area contributed by atoms with Crippen LogP contribution in [0.25, 0.3) is 0 Å². The van der Waals surface area contributed by atoms with E-state index in [2.05, 4.69) is 33.1 Å². The van der Waals surface area contributed by atoms with Gasteiger partial charge in [-0.25, -0.2) is 5.43 Å². The molecule has 0 heterocycles. The number of carbonyl (C=O) groups excluding carboxylic acids is 1. The third kappa shape index (κ3) is 6.49. The van der Waals surface area contributed by atoms with E-state index in [1.165, 1.54) is 6.21 Å². The second kappa shape index (κ2) is 11.0. The maximum atomic E-state index is 12.1. The number of nitrogens with one attached hydrogen (secondary N) is 1. The quantitative estimate of drug-likeness (QED) is 0.192. The van der Waals surface area contributed by atoms with E-state index in [1.54, 1.807) is 49.6 Å². The van der Waals surface area contributed by atoms with Crippen molar-refractivity contribution < 1.29 is 14.3 Å². The van der Waals surface area contributed by atoms with Gasteiger partial charge in [0.05, 0.1) is 26.9 Å². The van der Waals surface area contributed by atoms with Crippen molar-refractivity contribution in [3.8, 4) is 11.5 Å². The molecule has 0 bridgehead atoms. The van der Waals surface area contributed by atoms with Gasteiger partial charge in [-0.1, -0.05) is 40.9 Å². The Bertz CT molecular complexity index is 1120. The Morgan fingerprint density at radius 1 is 1.06 bits per heavy atom. The summed E-state index contributed by atoms with van der Waals surface area (Å²) in [4.78, 5) is 12.1. The van der Waals surface area contributed by atoms with Gasteiger partial charge in [-0.3, -0.25) is 4.79 Å². The van der Waals surface area contributed by atoms with Crippen LogP contribution in [0.3, 0.4) is 0 Å². The normalized spacial score (nSPS) is 10.9. The zero-order chi connectivity index (χ0) is 22.4. The zero-order valence-corrected chi connectivity index (χ0v) is 20.6. The van der Waals surface area contributed by atoms with Crippen LogP contribution in [0, 0.1) is 3.57 Å². The molecule has 160 valence electrons. The van der Waals surface area contributed by atoms with E-state index in [4.69, 9.17) is 44.3 Å². The summed E-state index contributed by atoms with van der Waals surface area (Å²) in [5.41, 5.74) is 4.56. The van der Waals surface area contributed by atoms with Gasteiger partial charge in [0.2, 0.25) is 0 Å². The lowest BCUT2D eigenvalue weighted by Gasteiger charge is -2.14. The minimum Gasteiger partial charge on any atom is -0.493 e. The maximum Gasteiger partial charge on any atom is 0.271 e. The number of hydrazone groups is 1. The molecule has 0 spiro atoms. The Morgan fingerprint density at radius 2 is 1.81 bits per heavy atom. The van der Waals surface area contributed by atoms with Crippen molar-refractivity contribution >= 4 is 69.5 Å². The molecule has 1 amide bonds. The molecule has 1 N–H and O–H groups in total. The average molecular weight is 590 g/mol. The fourth-order valence-corrected chi connectivity index (χ4v) is 3.80. The Balaban J connectivity index is 1.69. The summed E-state index contributed by atoms with van der Waals surface area (Å²) in [6.45, 7) is 0.299. The lowest BCUT2D eigenvalue weighted by Crippen LogP contribution is -2.17. The van der Waals surface area contributed by atoms with Gasteiger partial charge in [0.15, 0.2) is 11.5 Å². The fraction of sp³-hybridized carbons (Fsp3) is 0.0909. The molecule has 3 aromatic rings. The molecule has 0 aliphatic carbocycles. The highest BCUT2D eigenvalue weighted by molar-refractivity contribution is 14.1. The SMILES string of the molecule is COc1cc(/C=N\NC(=O)c2ccc(Cl)cc2)cc(I)c1OCc1ccc(Cl)c(Cl)c1. The van der Waals surface area contributed by atoms with Crippen molar-refractivity contribution in [1.29, 1.82) is 0 Å². The molecule has 0 fully saturated rings. The third-order valence-electron chi connectivity index (χ3n) is 4.11. The second-order valence-corrected chi connectivity index (χ2v) is 8.69. The number of hydrogen-bond acceptors (Lipinski definition) is 4. The van der Waals surface area contributed by atoms with Crippen LogP contribution in [0.4, 0.5) is 0 Å². The van der Waals surface area contributed by atoms with Crippen molar-refractivity contribution in [1.82, 2.24) is 5.43 Å². The molecular formula is C22H16Cl3IN2O3. The molecule has 3 aromatic carbocycles. The van der Waals surface area contributed by atoms with Gasteiger partial charge in [0.25, 0.3) is 5.91 Å². The highest BCUT2D eigenvalue weighted by atomic mass is 127. The first-order valence-corrected chi connectivity index (χ1v) is 11.1. The van der Waals surface area contributed by atoms with Crippen molar-refractivity contribution in [3.05, 3.63) is 89.9 Å². The number of ether oxygens (including phenoxy) is 2. The van der Waals surface area contributed by atoms with Crippen molar-refractivity contribution in [3.63, 3.8) is 0 Å². The summed E-state index contributed by atoms with van der Waals surface area (Å²) in [6, 6.07) is 15.5. The Morgan fingerprint density at radius 3 is 2.48 bits per heavy atom. The Hall–Kier alpha value is -2.00. The third-order valence-corrected chi connectivity index (χ3v) is 5.90. The molecule has 31 heavy (non-hydrogen) atoms. The minimum atomic E-state index is -0.337. The maximum absolute atomic E-state index is 12.1. The Labute approximate surface area is 208 Å². The summed E-state index contributed by atoms with van der Waals surface area (Å²) in [7, 11) is 1.56. The number of benzene rings is 3. The van der Waals surface area contributed by atoms with Gasteiger partial charge in [-0.15, -0.1) is 0 Å².